The van der Waals surface area contributed by atoms with E-state index < -0.39 is 0 Å². The maximum atomic E-state index is 11.5. The van der Waals surface area contributed by atoms with Crippen molar-refractivity contribution in [2.24, 2.45) is 0 Å². The molecule has 1 fully saturated rings. The maximum absolute atomic E-state index is 11.5. The first-order valence-corrected chi connectivity index (χ1v) is 6.66. The van der Waals surface area contributed by atoms with Gasteiger partial charge in [0.1, 0.15) is 5.75 Å². The Morgan fingerprint density at radius 3 is 2.95 bits per heavy atom. The molecule has 4 N–H and O–H groups in total. The van der Waals surface area contributed by atoms with Gasteiger partial charge in [0.05, 0.1) is 12.8 Å². The molecule has 0 aromatic heterocycles. The largest absolute Gasteiger partial charge is 0.495 e. The summed E-state index contributed by atoms with van der Waals surface area (Å²) in [5.41, 5.74) is 7.32. The average molecular weight is 263 g/mol. The molecule has 0 heterocycles. The number of carbonyl (C=O) groups excluding carboxylic acids is 1. The van der Waals surface area contributed by atoms with E-state index in [2.05, 4.69) is 10.6 Å². The molecule has 1 aromatic rings. The van der Waals surface area contributed by atoms with Crippen LogP contribution in [0.4, 0.5) is 11.4 Å². The number of nitrogen functional groups attached to an aromatic ring is 1. The van der Waals surface area contributed by atoms with Crippen LogP contribution in [0.2, 0.25) is 0 Å². The molecule has 0 aliphatic heterocycles. The maximum Gasteiger partial charge on any atom is 0.220 e. The summed E-state index contributed by atoms with van der Waals surface area (Å²) in [6, 6.07) is 6.02. The van der Waals surface area contributed by atoms with Crippen LogP contribution in [-0.2, 0) is 4.79 Å². The quantitative estimate of drug-likeness (QED) is 0.517. The highest BCUT2D eigenvalue weighted by atomic mass is 16.5. The van der Waals surface area contributed by atoms with E-state index in [1.54, 1.807) is 13.2 Å². The zero-order valence-corrected chi connectivity index (χ0v) is 11.2. The van der Waals surface area contributed by atoms with Crippen molar-refractivity contribution in [3.8, 4) is 5.75 Å². The minimum Gasteiger partial charge on any atom is -0.495 e. The first kappa shape index (κ1) is 13.5. The Bertz CT molecular complexity index is 444. The number of hydrogen-bond acceptors (Lipinski definition) is 4. The van der Waals surface area contributed by atoms with E-state index in [-0.39, 0.29) is 5.91 Å². The lowest BCUT2D eigenvalue weighted by Gasteiger charge is -2.10. The minimum absolute atomic E-state index is 0.152. The van der Waals surface area contributed by atoms with Crippen LogP contribution in [0.25, 0.3) is 0 Å². The molecule has 5 heteroatoms. The summed E-state index contributed by atoms with van der Waals surface area (Å²) < 4.78 is 5.15. The number of nitrogens with one attached hydrogen (secondary N) is 2. The molecule has 0 radical (unpaired) electrons. The first-order chi connectivity index (χ1) is 9.19. The van der Waals surface area contributed by atoms with E-state index in [1.807, 2.05) is 12.1 Å². The van der Waals surface area contributed by atoms with Crippen LogP contribution in [-0.4, -0.2) is 25.6 Å². The smallest absolute Gasteiger partial charge is 0.220 e. The highest BCUT2D eigenvalue weighted by molar-refractivity contribution is 5.76. The van der Waals surface area contributed by atoms with E-state index in [0.29, 0.717) is 23.9 Å². The van der Waals surface area contributed by atoms with Gasteiger partial charge in [-0.05, 0) is 31.4 Å². The molecule has 1 aromatic carbocycles. The lowest BCUT2D eigenvalue weighted by Crippen LogP contribution is -2.25. The van der Waals surface area contributed by atoms with Crippen molar-refractivity contribution in [3.05, 3.63) is 18.2 Å². The third-order valence-electron chi connectivity index (χ3n) is 3.09. The molecule has 2 rings (SSSR count). The second-order valence-corrected chi connectivity index (χ2v) is 4.83. The summed E-state index contributed by atoms with van der Waals surface area (Å²) >= 11 is 0. The van der Waals surface area contributed by atoms with Crippen molar-refractivity contribution in [1.29, 1.82) is 0 Å². The van der Waals surface area contributed by atoms with Crippen LogP contribution in [0.3, 0.4) is 0 Å². The molecule has 5 nitrogen and oxygen atoms in total. The molecule has 104 valence electrons. The van der Waals surface area contributed by atoms with Crippen LogP contribution in [0.15, 0.2) is 18.2 Å². The van der Waals surface area contributed by atoms with Crippen molar-refractivity contribution in [2.75, 3.05) is 24.7 Å². The van der Waals surface area contributed by atoms with E-state index in [4.69, 9.17) is 10.5 Å². The minimum atomic E-state index is 0.152. The van der Waals surface area contributed by atoms with E-state index in [0.717, 1.165) is 31.5 Å². The fourth-order valence-electron chi connectivity index (χ4n) is 1.83. The van der Waals surface area contributed by atoms with Gasteiger partial charge in [0.25, 0.3) is 0 Å². The third kappa shape index (κ3) is 4.35. The van der Waals surface area contributed by atoms with Gasteiger partial charge in [-0.2, -0.15) is 0 Å². The second kappa shape index (κ2) is 6.31. The predicted octanol–water partition coefficient (Wildman–Crippen LogP) is 1.75. The number of hydrogen-bond donors (Lipinski definition) is 3. The van der Waals surface area contributed by atoms with Crippen molar-refractivity contribution in [2.45, 2.75) is 31.7 Å². The normalized spacial score (nSPS) is 13.9. The Hall–Kier alpha value is -1.91. The van der Waals surface area contributed by atoms with Crippen molar-refractivity contribution in [3.63, 3.8) is 0 Å². The zero-order chi connectivity index (χ0) is 13.7. The molecule has 1 saturated carbocycles. The summed E-state index contributed by atoms with van der Waals surface area (Å²) in [6.45, 7) is 0.755. The lowest BCUT2D eigenvalue weighted by atomic mass is 10.2. The van der Waals surface area contributed by atoms with E-state index in [9.17, 15) is 4.79 Å². The summed E-state index contributed by atoms with van der Waals surface area (Å²) in [5, 5.41) is 6.23. The summed E-state index contributed by atoms with van der Waals surface area (Å²) in [4.78, 5) is 11.5. The molecule has 0 spiro atoms. The highest BCUT2D eigenvalue weighted by Crippen LogP contribution is 2.24. The van der Waals surface area contributed by atoms with E-state index >= 15 is 0 Å². The Morgan fingerprint density at radius 2 is 2.26 bits per heavy atom. The van der Waals surface area contributed by atoms with Gasteiger partial charge in [-0.1, -0.05) is 0 Å². The number of methoxy groups -OCH3 is 1. The first-order valence-electron chi connectivity index (χ1n) is 6.66. The molecule has 0 unspecified atom stereocenters. The molecular weight excluding hydrogens is 242 g/mol. The fourth-order valence-corrected chi connectivity index (χ4v) is 1.83. The molecular formula is C14H21N3O2. The molecule has 0 bridgehead atoms. The van der Waals surface area contributed by atoms with Crippen molar-refractivity contribution < 1.29 is 9.53 Å². The number of carbonyl (C=O) groups is 1. The summed E-state index contributed by atoms with van der Waals surface area (Å²) in [7, 11) is 1.59. The van der Waals surface area contributed by atoms with Crippen LogP contribution >= 0.6 is 0 Å². The topological polar surface area (TPSA) is 76.4 Å². The Kier molecular flexibility index (Phi) is 4.49. The van der Waals surface area contributed by atoms with Gasteiger partial charge in [-0.15, -0.1) is 0 Å². The van der Waals surface area contributed by atoms with Gasteiger partial charge in [0.2, 0.25) is 5.91 Å². The number of nitrogens with two attached hydrogens (primary N) is 1. The third-order valence-corrected chi connectivity index (χ3v) is 3.09. The summed E-state index contributed by atoms with van der Waals surface area (Å²) in [5.74, 6) is 0.815. The lowest BCUT2D eigenvalue weighted by molar-refractivity contribution is -0.121. The highest BCUT2D eigenvalue weighted by Gasteiger charge is 2.22. The van der Waals surface area contributed by atoms with Gasteiger partial charge in [0.15, 0.2) is 0 Å². The molecule has 1 aliphatic carbocycles. The molecule has 0 saturated heterocycles. The Balaban J connectivity index is 1.68. The summed E-state index contributed by atoms with van der Waals surface area (Å²) in [6.07, 6.45) is 3.64. The van der Waals surface area contributed by atoms with Crippen LogP contribution < -0.4 is 21.1 Å². The monoisotopic (exact) mass is 263 g/mol. The SMILES string of the molecule is COc1cc(NCCCC(=O)NC2CC2)ccc1N. The average Bonchev–Trinajstić information content (AvgIpc) is 3.20. The zero-order valence-electron chi connectivity index (χ0n) is 11.2. The molecule has 1 amide bonds. The van der Waals surface area contributed by atoms with E-state index in [1.165, 1.54) is 0 Å². The van der Waals surface area contributed by atoms with Crippen LogP contribution in [0.5, 0.6) is 5.75 Å². The van der Waals surface area contributed by atoms with Gasteiger partial charge in [-0.3, -0.25) is 4.79 Å². The van der Waals surface area contributed by atoms with Gasteiger partial charge in [-0.25, -0.2) is 0 Å². The van der Waals surface area contributed by atoms with Gasteiger partial charge in [0, 0.05) is 30.8 Å². The Labute approximate surface area is 113 Å². The standard InChI is InChI=1S/C14H21N3O2/c1-19-13-9-11(6-7-12(13)15)16-8-2-3-14(18)17-10-4-5-10/h6-7,9-10,16H,2-5,8,15H2,1H3,(H,17,18). The molecule has 19 heavy (non-hydrogen) atoms. The number of anilines is 2. The van der Waals surface area contributed by atoms with Gasteiger partial charge < -0.3 is 21.1 Å². The Morgan fingerprint density at radius 1 is 1.47 bits per heavy atom. The molecule has 1 aliphatic rings. The number of rotatable bonds is 7. The fraction of sp³-hybridized carbons (Fsp3) is 0.500. The molecule has 0 atom stereocenters. The predicted molar refractivity (Wildman–Crippen MR) is 76.3 cm³/mol. The van der Waals surface area contributed by atoms with Crippen molar-refractivity contribution in [1.82, 2.24) is 5.32 Å². The second-order valence-electron chi connectivity index (χ2n) is 4.83. The number of amides is 1. The van der Waals surface area contributed by atoms with Crippen molar-refractivity contribution >= 4 is 17.3 Å². The van der Waals surface area contributed by atoms with Crippen LogP contribution in [0.1, 0.15) is 25.7 Å². The number of ether oxygens (including phenoxy) is 1. The van der Waals surface area contributed by atoms with Crippen LogP contribution in [0, 0.1) is 0 Å². The van der Waals surface area contributed by atoms with Gasteiger partial charge >= 0.3 is 0 Å². The number of benzene rings is 1.